The summed E-state index contributed by atoms with van der Waals surface area (Å²) in [5.74, 6) is -4.90. The Balaban J connectivity index is 2.32. The fourth-order valence-corrected chi connectivity index (χ4v) is 9.43. The monoisotopic (exact) mass is 1040 g/mol. The number of esters is 4. The molecule has 1 heterocycles. The molecule has 422 valence electrons. The molecule has 0 radical (unpaired) electrons. The van der Waals surface area contributed by atoms with Crippen LogP contribution in [0.2, 0.25) is 0 Å². The molecule has 7 atom stereocenters. The Hall–Kier alpha value is -4.57. The largest absolute Gasteiger partial charge is 0.461 e. The molecule has 1 aromatic rings. The maximum absolute atomic E-state index is 14.5. The molecule has 1 aliphatic heterocycles. The molecule has 0 bridgehead atoms. The Morgan fingerprint density at radius 3 is 1.42 bits per heavy atom. The van der Waals surface area contributed by atoms with Crippen LogP contribution in [0.5, 0.6) is 0 Å². The van der Waals surface area contributed by atoms with E-state index >= 15 is 0 Å². The lowest BCUT2D eigenvalue weighted by atomic mass is 9.92. The zero-order chi connectivity index (χ0) is 54.4. The third-order valence-electron chi connectivity index (χ3n) is 13.6. The number of rotatable bonds is 42. The number of hydrogen-bond acceptors (Lipinski definition) is 13. The van der Waals surface area contributed by atoms with E-state index in [1.807, 2.05) is 30.3 Å². The maximum Gasteiger partial charge on any atom is 0.306 e. The van der Waals surface area contributed by atoms with Crippen LogP contribution in [0.1, 0.15) is 227 Å². The molecule has 0 unspecified atom stereocenters. The number of amides is 3. The smallest absolute Gasteiger partial charge is 0.306 e. The molecule has 1 aliphatic rings. The number of nitrogens with one attached hydrogen (secondary N) is 3. The van der Waals surface area contributed by atoms with Crippen LogP contribution < -0.4 is 16.0 Å². The van der Waals surface area contributed by atoms with Crippen molar-refractivity contribution in [1.82, 2.24) is 16.0 Å². The Morgan fingerprint density at radius 1 is 0.527 bits per heavy atom. The molecule has 74 heavy (non-hydrogen) atoms. The van der Waals surface area contributed by atoms with Crippen molar-refractivity contribution in [2.24, 2.45) is 5.92 Å². The number of carbonyl (C=O) groups is 7. The molecule has 3 N–H and O–H groups in total. The molecule has 0 aromatic heterocycles. The molecule has 0 saturated carbocycles. The normalized spacial score (nSPS) is 18.2. The predicted molar refractivity (Wildman–Crippen MR) is 285 cm³/mol. The van der Waals surface area contributed by atoms with Gasteiger partial charge in [-0.25, -0.2) is 0 Å². The summed E-state index contributed by atoms with van der Waals surface area (Å²) in [5.41, 5.74) is 0.792. The summed E-state index contributed by atoms with van der Waals surface area (Å²) in [6, 6.07) is 6.53. The molecule has 0 aliphatic carbocycles. The molecular formula is C58H97N3O13. The van der Waals surface area contributed by atoms with Gasteiger partial charge in [-0.05, 0) is 31.7 Å². The van der Waals surface area contributed by atoms with Crippen molar-refractivity contribution in [3.05, 3.63) is 35.9 Å². The second kappa shape index (κ2) is 40.7. The van der Waals surface area contributed by atoms with Gasteiger partial charge in [-0.15, -0.1) is 0 Å². The predicted octanol–water partition coefficient (Wildman–Crippen LogP) is 10.6. The molecule has 0 spiro atoms. The van der Waals surface area contributed by atoms with Gasteiger partial charge in [0.1, 0.15) is 18.7 Å². The first kappa shape index (κ1) is 65.5. The summed E-state index contributed by atoms with van der Waals surface area (Å²) in [7, 11) is 1.41. The average Bonchev–Trinajstić information content (AvgIpc) is 3.37. The summed E-state index contributed by atoms with van der Waals surface area (Å²) in [4.78, 5) is 92.1. The standard InChI is InChI=1S/C58H97N3O13/c1-8-10-12-14-16-18-20-22-24-26-28-33-37-48(38-34-29-27-25-23-21-19-17-15-13-11-9-2)55(66)61-50(57(68)60-49(56(67)59-7)39-40-51(65)69-41-47-35-31-30-32-36-47)42-70-58-54(74-46(6)64)53(73-45(5)63)52(43(3)71-58)72-44(4)62/h30-32,35-36,43,48-50,52-54,58H,8-29,33-34,37-42H2,1-7H3,(H,59,67)(H,60,68)(H,61,66)/t43-,49-,50+,52+,53+,54-,58-/m0/s1. The second-order valence-corrected chi connectivity index (χ2v) is 20.2. The van der Waals surface area contributed by atoms with Crippen molar-refractivity contribution in [2.75, 3.05) is 13.7 Å². The van der Waals surface area contributed by atoms with Crippen molar-refractivity contribution in [3.63, 3.8) is 0 Å². The minimum absolute atomic E-state index is 0.0396. The molecule has 1 aromatic carbocycles. The summed E-state index contributed by atoms with van der Waals surface area (Å²) in [6.07, 6.45) is 23.0. The molecule has 3 amide bonds. The van der Waals surface area contributed by atoms with Crippen molar-refractivity contribution >= 4 is 41.6 Å². The highest BCUT2D eigenvalue weighted by Crippen LogP contribution is 2.30. The summed E-state index contributed by atoms with van der Waals surface area (Å²) < 4.78 is 34.3. The van der Waals surface area contributed by atoms with Gasteiger partial charge in [-0.2, -0.15) is 0 Å². The van der Waals surface area contributed by atoms with Gasteiger partial charge in [0.25, 0.3) is 0 Å². The first-order valence-electron chi connectivity index (χ1n) is 28.5. The van der Waals surface area contributed by atoms with Gasteiger partial charge in [0.05, 0.1) is 12.7 Å². The second-order valence-electron chi connectivity index (χ2n) is 20.2. The first-order valence-corrected chi connectivity index (χ1v) is 28.5. The van der Waals surface area contributed by atoms with Crippen LogP contribution in [0, 0.1) is 5.92 Å². The van der Waals surface area contributed by atoms with Crippen LogP contribution in [0.15, 0.2) is 30.3 Å². The average molecular weight is 1040 g/mol. The van der Waals surface area contributed by atoms with E-state index in [0.717, 1.165) is 70.8 Å². The molecule has 16 nitrogen and oxygen atoms in total. The van der Waals surface area contributed by atoms with Crippen molar-refractivity contribution < 1.29 is 62.0 Å². The lowest BCUT2D eigenvalue weighted by Crippen LogP contribution is -2.62. The summed E-state index contributed by atoms with van der Waals surface area (Å²) in [5, 5.41) is 8.21. The van der Waals surface area contributed by atoms with E-state index in [1.165, 1.54) is 117 Å². The fourth-order valence-electron chi connectivity index (χ4n) is 9.43. The summed E-state index contributed by atoms with van der Waals surface area (Å²) >= 11 is 0. The Labute approximate surface area is 444 Å². The Bertz CT molecular complexity index is 1700. The highest BCUT2D eigenvalue weighted by Gasteiger charge is 2.51. The number of likely N-dealkylation sites (N-methyl/N-ethyl adjacent to an activating group) is 1. The minimum Gasteiger partial charge on any atom is -0.461 e. The van der Waals surface area contributed by atoms with Gasteiger partial charge in [0, 0.05) is 40.2 Å². The Morgan fingerprint density at radius 2 is 0.959 bits per heavy atom. The highest BCUT2D eigenvalue weighted by molar-refractivity contribution is 5.92. The van der Waals surface area contributed by atoms with Crippen LogP contribution in [0.25, 0.3) is 0 Å². The fraction of sp³-hybridized carbons (Fsp3) is 0.776. The van der Waals surface area contributed by atoms with Crippen LogP contribution in [0.3, 0.4) is 0 Å². The van der Waals surface area contributed by atoms with E-state index in [-0.39, 0.29) is 25.4 Å². The van der Waals surface area contributed by atoms with E-state index < -0.39 is 91.0 Å². The first-order chi connectivity index (χ1) is 35.7. The van der Waals surface area contributed by atoms with Crippen LogP contribution >= 0.6 is 0 Å². The lowest BCUT2D eigenvalue weighted by Gasteiger charge is -2.43. The van der Waals surface area contributed by atoms with Gasteiger partial charge in [-0.1, -0.05) is 198 Å². The summed E-state index contributed by atoms with van der Waals surface area (Å²) in [6.45, 7) is 9.00. The van der Waals surface area contributed by atoms with Gasteiger partial charge in [-0.3, -0.25) is 33.6 Å². The van der Waals surface area contributed by atoms with Gasteiger partial charge in [0.15, 0.2) is 24.6 Å². The van der Waals surface area contributed by atoms with Crippen LogP contribution in [0.4, 0.5) is 0 Å². The number of benzene rings is 1. The van der Waals surface area contributed by atoms with E-state index in [1.54, 1.807) is 6.92 Å². The molecule has 16 heteroatoms. The molecule has 1 saturated heterocycles. The molecule has 1 fully saturated rings. The van der Waals surface area contributed by atoms with E-state index in [4.69, 9.17) is 28.4 Å². The van der Waals surface area contributed by atoms with Crippen LogP contribution in [-0.4, -0.2) is 98.0 Å². The van der Waals surface area contributed by atoms with Crippen molar-refractivity contribution in [1.29, 1.82) is 0 Å². The number of ether oxygens (including phenoxy) is 6. The third kappa shape index (κ3) is 29.5. The highest BCUT2D eigenvalue weighted by atomic mass is 16.7. The topological polar surface area (TPSA) is 211 Å². The van der Waals surface area contributed by atoms with E-state index in [0.29, 0.717) is 12.8 Å². The third-order valence-corrected chi connectivity index (χ3v) is 13.6. The minimum atomic E-state index is -1.47. The van der Waals surface area contributed by atoms with Gasteiger partial charge in [0.2, 0.25) is 17.7 Å². The van der Waals surface area contributed by atoms with Gasteiger partial charge >= 0.3 is 23.9 Å². The Kier molecular flexibility index (Phi) is 36.1. The number of unbranched alkanes of at least 4 members (excludes halogenated alkanes) is 22. The van der Waals surface area contributed by atoms with Crippen LogP contribution in [-0.2, 0) is 68.6 Å². The SMILES string of the molecule is CCCCCCCCCCCCCCC(CCCCCCCCCCCCCC)C(=O)N[C@H](CO[C@H]1O[C@@H](C)[C@@H](OC(C)=O)[C@@H](OC(C)=O)[C@@H]1OC(C)=O)C(=O)N[C@@H](CCC(=O)OCc1ccccc1)C(=O)NC. The molecule has 2 rings (SSSR count). The van der Waals surface area contributed by atoms with Crippen molar-refractivity contribution in [3.8, 4) is 0 Å². The van der Waals surface area contributed by atoms with E-state index in [9.17, 15) is 33.6 Å². The van der Waals surface area contributed by atoms with Gasteiger partial charge < -0.3 is 44.4 Å². The van der Waals surface area contributed by atoms with E-state index in [2.05, 4.69) is 29.8 Å². The number of hydrogen-bond donors (Lipinski definition) is 3. The van der Waals surface area contributed by atoms with Crippen molar-refractivity contribution in [2.45, 2.75) is 271 Å². The molecular weight excluding hydrogens is 947 g/mol. The zero-order valence-electron chi connectivity index (χ0n) is 46.5. The number of carbonyl (C=O) groups excluding carboxylic acids is 7. The lowest BCUT2D eigenvalue weighted by molar-refractivity contribution is -0.301. The zero-order valence-corrected chi connectivity index (χ0v) is 46.5. The quantitative estimate of drug-likeness (QED) is 0.0316. The maximum atomic E-state index is 14.5.